The summed E-state index contributed by atoms with van der Waals surface area (Å²) in [6.07, 6.45) is 2.42. The number of hydrogen-bond donors (Lipinski definition) is 1. The third kappa shape index (κ3) is 2.94. The molecule has 2 N–H and O–H groups in total. The van der Waals surface area contributed by atoms with Crippen LogP contribution in [0.15, 0.2) is 16.5 Å². The molecule has 4 nitrogen and oxygen atoms in total. The zero-order valence-corrected chi connectivity index (χ0v) is 11.7. The van der Waals surface area contributed by atoms with Crippen molar-refractivity contribution in [2.24, 2.45) is 5.73 Å². The van der Waals surface area contributed by atoms with Crippen molar-refractivity contribution in [3.05, 3.63) is 23.7 Å². The molecule has 1 saturated heterocycles. The van der Waals surface area contributed by atoms with Crippen LogP contribution in [0.4, 0.5) is 0 Å². The molecule has 4 heteroatoms. The van der Waals surface area contributed by atoms with Gasteiger partial charge in [-0.05, 0) is 59.1 Å². The average Bonchev–Trinajstić information content (AvgIpc) is 2.77. The van der Waals surface area contributed by atoms with Crippen molar-refractivity contribution in [1.82, 2.24) is 9.80 Å². The number of nitrogens with two attached hydrogens (primary N) is 1. The van der Waals surface area contributed by atoms with Crippen LogP contribution in [0, 0.1) is 6.92 Å². The number of furan rings is 1. The molecule has 1 atom stereocenters. The minimum atomic E-state index is 0.201. The fraction of sp³-hybridized carbons (Fsp3) is 0.714. The summed E-state index contributed by atoms with van der Waals surface area (Å²) in [5.74, 6) is 1.96. The molecule has 0 bridgehead atoms. The lowest BCUT2D eigenvalue weighted by molar-refractivity contribution is 0.0993. The molecular formula is C14H25N3O. The van der Waals surface area contributed by atoms with Crippen molar-refractivity contribution >= 4 is 0 Å². The summed E-state index contributed by atoms with van der Waals surface area (Å²) in [6.45, 7) is 4.93. The standard InChI is InChI=1S/C14H25N3O/c1-11-4-5-14(18-11)13(10-15)17(3)12-6-8-16(2)9-7-12/h4-5,12-13H,6-10,15H2,1-3H3. The second-order valence-electron chi connectivity index (χ2n) is 5.40. The number of hydrogen-bond acceptors (Lipinski definition) is 4. The second-order valence-corrected chi connectivity index (χ2v) is 5.40. The van der Waals surface area contributed by atoms with Gasteiger partial charge < -0.3 is 15.1 Å². The van der Waals surface area contributed by atoms with Crippen molar-refractivity contribution in [2.45, 2.75) is 31.8 Å². The van der Waals surface area contributed by atoms with Crippen molar-refractivity contribution in [3.8, 4) is 0 Å². The molecule has 1 aromatic rings. The molecule has 2 rings (SSSR count). The number of piperidine rings is 1. The van der Waals surface area contributed by atoms with Crippen molar-refractivity contribution in [2.75, 3.05) is 33.7 Å². The summed E-state index contributed by atoms with van der Waals surface area (Å²) in [5, 5.41) is 0. The van der Waals surface area contributed by atoms with Gasteiger partial charge in [0, 0.05) is 12.6 Å². The number of likely N-dealkylation sites (tertiary alicyclic amines) is 1. The van der Waals surface area contributed by atoms with Crippen LogP contribution in [0.2, 0.25) is 0 Å². The molecule has 2 heterocycles. The maximum absolute atomic E-state index is 5.94. The van der Waals surface area contributed by atoms with Gasteiger partial charge in [0.05, 0.1) is 6.04 Å². The second kappa shape index (κ2) is 5.87. The number of nitrogens with zero attached hydrogens (tertiary/aromatic N) is 2. The van der Waals surface area contributed by atoms with Crippen LogP contribution >= 0.6 is 0 Å². The number of likely N-dealkylation sites (N-methyl/N-ethyl adjacent to an activating group) is 1. The molecular weight excluding hydrogens is 226 g/mol. The quantitative estimate of drug-likeness (QED) is 0.883. The van der Waals surface area contributed by atoms with E-state index in [1.165, 1.54) is 25.9 Å². The van der Waals surface area contributed by atoms with Crippen molar-refractivity contribution in [1.29, 1.82) is 0 Å². The van der Waals surface area contributed by atoms with Gasteiger partial charge in [0.25, 0.3) is 0 Å². The monoisotopic (exact) mass is 251 g/mol. The summed E-state index contributed by atoms with van der Waals surface area (Å²) in [6, 6.07) is 4.88. The van der Waals surface area contributed by atoms with E-state index in [2.05, 4.69) is 30.0 Å². The zero-order chi connectivity index (χ0) is 13.1. The Labute approximate surface area is 110 Å². The molecule has 0 aliphatic carbocycles. The lowest BCUT2D eigenvalue weighted by Crippen LogP contribution is -2.44. The molecule has 18 heavy (non-hydrogen) atoms. The van der Waals surface area contributed by atoms with Crippen LogP contribution in [0.25, 0.3) is 0 Å². The van der Waals surface area contributed by atoms with Crippen LogP contribution in [0.3, 0.4) is 0 Å². The highest BCUT2D eigenvalue weighted by Crippen LogP contribution is 2.26. The Kier molecular flexibility index (Phi) is 4.43. The molecule has 1 aliphatic heterocycles. The van der Waals surface area contributed by atoms with E-state index in [4.69, 9.17) is 10.2 Å². The molecule has 0 spiro atoms. The van der Waals surface area contributed by atoms with Gasteiger partial charge in [-0.15, -0.1) is 0 Å². The Morgan fingerprint density at radius 2 is 2.11 bits per heavy atom. The topological polar surface area (TPSA) is 45.6 Å². The summed E-state index contributed by atoms with van der Waals surface area (Å²) < 4.78 is 5.74. The van der Waals surface area contributed by atoms with Gasteiger partial charge >= 0.3 is 0 Å². The maximum Gasteiger partial charge on any atom is 0.122 e. The molecule has 0 amide bonds. The van der Waals surface area contributed by atoms with Crippen molar-refractivity contribution < 1.29 is 4.42 Å². The molecule has 1 aromatic heterocycles. The van der Waals surface area contributed by atoms with E-state index in [1.807, 2.05) is 13.0 Å². The summed E-state index contributed by atoms with van der Waals surface area (Å²) in [5.41, 5.74) is 5.94. The van der Waals surface area contributed by atoms with Crippen LogP contribution < -0.4 is 5.73 Å². The normalized spacial score (nSPS) is 20.5. The minimum Gasteiger partial charge on any atom is -0.465 e. The first-order valence-corrected chi connectivity index (χ1v) is 6.78. The Bertz CT molecular complexity index is 369. The number of aryl methyl sites for hydroxylation is 1. The van der Waals surface area contributed by atoms with Gasteiger partial charge in [-0.1, -0.05) is 0 Å². The van der Waals surface area contributed by atoms with Crippen LogP contribution in [-0.2, 0) is 0 Å². The van der Waals surface area contributed by atoms with E-state index >= 15 is 0 Å². The summed E-state index contributed by atoms with van der Waals surface area (Å²) >= 11 is 0. The lowest BCUT2D eigenvalue weighted by atomic mass is 10.0. The largest absolute Gasteiger partial charge is 0.465 e. The highest BCUT2D eigenvalue weighted by molar-refractivity contribution is 5.10. The average molecular weight is 251 g/mol. The van der Waals surface area contributed by atoms with Crippen molar-refractivity contribution in [3.63, 3.8) is 0 Å². The Morgan fingerprint density at radius 1 is 1.44 bits per heavy atom. The molecule has 0 radical (unpaired) electrons. The first kappa shape index (κ1) is 13.6. The van der Waals surface area contributed by atoms with Gasteiger partial charge in [-0.2, -0.15) is 0 Å². The van der Waals surface area contributed by atoms with E-state index in [0.29, 0.717) is 12.6 Å². The molecule has 1 aliphatic rings. The van der Waals surface area contributed by atoms with Gasteiger partial charge in [-0.25, -0.2) is 0 Å². The van der Waals surface area contributed by atoms with E-state index in [0.717, 1.165) is 11.5 Å². The summed E-state index contributed by atoms with van der Waals surface area (Å²) in [4.78, 5) is 4.78. The van der Waals surface area contributed by atoms with Gasteiger partial charge in [-0.3, -0.25) is 4.90 Å². The SMILES string of the molecule is Cc1ccc(C(CN)N(C)C2CCN(C)CC2)o1. The van der Waals surface area contributed by atoms with E-state index in [9.17, 15) is 0 Å². The fourth-order valence-corrected chi connectivity index (χ4v) is 2.77. The third-order valence-electron chi connectivity index (χ3n) is 4.07. The molecule has 1 unspecified atom stereocenters. The molecule has 0 saturated carbocycles. The predicted octanol–water partition coefficient (Wildman–Crippen LogP) is 1.61. The predicted molar refractivity (Wildman–Crippen MR) is 73.5 cm³/mol. The van der Waals surface area contributed by atoms with Crippen LogP contribution in [0.5, 0.6) is 0 Å². The Balaban J connectivity index is 2.03. The highest BCUT2D eigenvalue weighted by Gasteiger charge is 2.27. The van der Waals surface area contributed by atoms with E-state index in [1.54, 1.807) is 0 Å². The lowest BCUT2D eigenvalue weighted by Gasteiger charge is -2.38. The maximum atomic E-state index is 5.94. The van der Waals surface area contributed by atoms with E-state index in [-0.39, 0.29) is 6.04 Å². The minimum absolute atomic E-state index is 0.201. The molecule has 0 aromatic carbocycles. The smallest absolute Gasteiger partial charge is 0.122 e. The van der Waals surface area contributed by atoms with Crippen LogP contribution in [0.1, 0.15) is 30.4 Å². The fourth-order valence-electron chi connectivity index (χ4n) is 2.77. The Morgan fingerprint density at radius 3 is 2.61 bits per heavy atom. The van der Waals surface area contributed by atoms with Gasteiger partial charge in [0.1, 0.15) is 11.5 Å². The highest BCUT2D eigenvalue weighted by atomic mass is 16.3. The van der Waals surface area contributed by atoms with Crippen LogP contribution in [-0.4, -0.2) is 49.6 Å². The first-order valence-electron chi connectivity index (χ1n) is 6.78. The summed E-state index contributed by atoms with van der Waals surface area (Å²) in [7, 11) is 4.36. The molecule has 102 valence electrons. The van der Waals surface area contributed by atoms with E-state index < -0.39 is 0 Å². The zero-order valence-electron chi connectivity index (χ0n) is 11.7. The Hall–Kier alpha value is -0.840. The van der Waals surface area contributed by atoms with Gasteiger partial charge in [0.15, 0.2) is 0 Å². The number of rotatable bonds is 4. The third-order valence-corrected chi connectivity index (χ3v) is 4.07. The first-order chi connectivity index (χ1) is 8.61. The van der Waals surface area contributed by atoms with Gasteiger partial charge in [0.2, 0.25) is 0 Å². The molecule has 1 fully saturated rings.